The van der Waals surface area contributed by atoms with Crippen molar-refractivity contribution < 1.29 is 23.9 Å². The van der Waals surface area contributed by atoms with Crippen LogP contribution < -0.4 is 15.5 Å². The van der Waals surface area contributed by atoms with Crippen molar-refractivity contribution in [2.45, 2.75) is 19.4 Å². The monoisotopic (exact) mass is 465 g/mol. The third-order valence-electron chi connectivity index (χ3n) is 4.77. The maximum Gasteiger partial charge on any atom is 0.262 e. The minimum Gasteiger partial charge on any atom is -0.385 e. The number of benzene rings is 1. The molecule has 1 aromatic heterocycles. The summed E-state index contributed by atoms with van der Waals surface area (Å²) in [6.07, 6.45) is 0.312. The van der Waals surface area contributed by atoms with E-state index in [2.05, 4.69) is 10.6 Å². The number of amides is 3. The molecule has 2 N–H and O–H groups in total. The van der Waals surface area contributed by atoms with Gasteiger partial charge in [-0.15, -0.1) is 11.3 Å². The van der Waals surface area contributed by atoms with Gasteiger partial charge in [-0.25, -0.2) is 0 Å². The number of ether oxygens (including phenoxy) is 2. The summed E-state index contributed by atoms with van der Waals surface area (Å²) in [4.78, 5) is 39.5. The van der Waals surface area contributed by atoms with E-state index in [-0.39, 0.29) is 24.3 Å². The van der Waals surface area contributed by atoms with Crippen LogP contribution in [-0.2, 0) is 19.1 Å². The van der Waals surface area contributed by atoms with E-state index in [4.69, 9.17) is 21.1 Å². The zero-order valence-electron chi connectivity index (χ0n) is 17.3. The van der Waals surface area contributed by atoms with Gasteiger partial charge in [0.05, 0.1) is 15.8 Å². The van der Waals surface area contributed by atoms with Gasteiger partial charge >= 0.3 is 0 Å². The quantitative estimate of drug-likeness (QED) is 0.624. The Labute approximate surface area is 189 Å². The predicted octanol–water partition coefficient (Wildman–Crippen LogP) is 2.85. The molecule has 1 unspecified atom stereocenters. The molecule has 10 heteroatoms. The Morgan fingerprint density at radius 2 is 2.13 bits per heavy atom. The van der Waals surface area contributed by atoms with Crippen LogP contribution in [0.25, 0.3) is 0 Å². The summed E-state index contributed by atoms with van der Waals surface area (Å²) >= 11 is 7.04. The molecule has 166 valence electrons. The SMILES string of the molecule is COCCC(NC(=O)c1ccc(Cl)s1)C(=O)Nc1ccc(N2CCOCC2=O)c(C)c1. The fourth-order valence-corrected chi connectivity index (χ4v) is 4.15. The molecule has 0 saturated carbocycles. The van der Waals surface area contributed by atoms with Gasteiger partial charge in [0.15, 0.2) is 0 Å². The van der Waals surface area contributed by atoms with Gasteiger partial charge < -0.3 is 25.0 Å². The van der Waals surface area contributed by atoms with Crippen molar-refractivity contribution in [2.75, 3.05) is 43.7 Å². The van der Waals surface area contributed by atoms with Crippen LogP contribution in [0.4, 0.5) is 11.4 Å². The van der Waals surface area contributed by atoms with Crippen molar-refractivity contribution in [3.05, 3.63) is 45.1 Å². The maximum atomic E-state index is 12.9. The molecule has 2 aromatic rings. The highest BCUT2D eigenvalue weighted by molar-refractivity contribution is 7.18. The molecular weight excluding hydrogens is 442 g/mol. The van der Waals surface area contributed by atoms with Crippen LogP contribution in [0.5, 0.6) is 0 Å². The van der Waals surface area contributed by atoms with E-state index < -0.39 is 6.04 Å². The fourth-order valence-electron chi connectivity index (χ4n) is 3.21. The second kappa shape index (κ2) is 10.7. The lowest BCUT2D eigenvalue weighted by atomic mass is 10.1. The number of methoxy groups -OCH3 is 1. The van der Waals surface area contributed by atoms with E-state index in [1.165, 1.54) is 7.11 Å². The molecule has 0 radical (unpaired) electrons. The first-order valence-electron chi connectivity index (χ1n) is 9.74. The molecule has 8 nitrogen and oxygen atoms in total. The number of carbonyl (C=O) groups is 3. The third-order valence-corrected chi connectivity index (χ3v) is 6.00. The van der Waals surface area contributed by atoms with Crippen LogP contribution in [-0.4, -0.2) is 57.2 Å². The van der Waals surface area contributed by atoms with Gasteiger partial charge in [-0.05, 0) is 49.2 Å². The third kappa shape index (κ3) is 6.04. The van der Waals surface area contributed by atoms with Crippen LogP contribution in [0.3, 0.4) is 0 Å². The lowest BCUT2D eigenvalue weighted by Gasteiger charge is -2.28. The Bertz CT molecular complexity index is 964. The summed E-state index contributed by atoms with van der Waals surface area (Å²) < 4.78 is 10.7. The number of aryl methyl sites for hydroxylation is 1. The van der Waals surface area contributed by atoms with E-state index in [0.717, 1.165) is 22.6 Å². The van der Waals surface area contributed by atoms with Crippen LogP contribution in [0.2, 0.25) is 4.34 Å². The van der Waals surface area contributed by atoms with Crippen molar-refractivity contribution in [3.8, 4) is 0 Å². The Hall–Kier alpha value is -2.46. The fraction of sp³-hybridized carbons (Fsp3) is 0.381. The van der Waals surface area contributed by atoms with Crippen LogP contribution in [0.15, 0.2) is 30.3 Å². The first-order chi connectivity index (χ1) is 14.9. The van der Waals surface area contributed by atoms with Gasteiger partial charge in [-0.2, -0.15) is 0 Å². The summed E-state index contributed by atoms with van der Waals surface area (Å²) in [7, 11) is 1.53. The van der Waals surface area contributed by atoms with Crippen molar-refractivity contribution in [1.82, 2.24) is 5.32 Å². The zero-order valence-corrected chi connectivity index (χ0v) is 18.8. The highest BCUT2D eigenvalue weighted by Gasteiger charge is 2.24. The molecular formula is C21H24ClN3O5S. The summed E-state index contributed by atoms with van der Waals surface area (Å²) in [5.74, 6) is -0.824. The first kappa shape index (κ1) is 23.2. The molecule has 0 aliphatic carbocycles. The molecule has 1 atom stereocenters. The van der Waals surface area contributed by atoms with Crippen molar-refractivity contribution in [2.24, 2.45) is 0 Å². The standard InChI is InChI=1S/C21H24ClN3O5S/c1-13-11-14(3-4-16(13)25-8-10-30-12-19(25)26)23-20(27)15(7-9-29-2)24-21(28)17-5-6-18(22)31-17/h3-6,11,15H,7-10,12H2,1-2H3,(H,23,27)(H,24,28). The Kier molecular flexibility index (Phi) is 8.03. The lowest BCUT2D eigenvalue weighted by Crippen LogP contribution is -2.44. The maximum absolute atomic E-state index is 12.9. The van der Waals surface area contributed by atoms with Gasteiger partial charge in [0.2, 0.25) is 5.91 Å². The Balaban J connectivity index is 1.69. The van der Waals surface area contributed by atoms with E-state index in [0.29, 0.717) is 41.1 Å². The van der Waals surface area contributed by atoms with Crippen molar-refractivity contribution >= 4 is 52.0 Å². The second-order valence-electron chi connectivity index (χ2n) is 7.00. The Morgan fingerprint density at radius 3 is 2.77 bits per heavy atom. The Morgan fingerprint density at radius 1 is 1.32 bits per heavy atom. The molecule has 3 rings (SSSR count). The van der Waals surface area contributed by atoms with E-state index >= 15 is 0 Å². The molecule has 0 spiro atoms. The van der Waals surface area contributed by atoms with Crippen LogP contribution in [0.1, 0.15) is 21.7 Å². The van der Waals surface area contributed by atoms with Crippen molar-refractivity contribution in [1.29, 1.82) is 0 Å². The van der Waals surface area contributed by atoms with E-state index in [1.807, 2.05) is 6.92 Å². The topological polar surface area (TPSA) is 97.0 Å². The van der Waals surface area contributed by atoms with Gasteiger partial charge in [0.1, 0.15) is 12.6 Å². The highest BCUT2D eigenvalue weighted by Crippen LogP contribution is 2.25. The molecule has 1 saturated heterocycles. The zero-order chi connectivity index (χ0) is 22.4. The molecule has 1 aliphatic rings. The number of halogens is 1. The number of hydrogen-bond donors (Lipinski definition) is 2. The van der Waals surface area contributed by atoms with Crippen LogP contribution in [0, 0.1) is 6.92 Å². The predicted molar refractivity (Wildman–Crippen MR) is 120 cm³/mol. The minimum absolute atomic E-state index is 0.0637. The number of nitrogens with one attached hydrogen (secondary N) is 2. The second-order valence-corrected chi connectivity index (χ2v) is 8.71. The number of morpholine rings is 1. The molecule has 1 aromatic carbocycles. The number of thiophene rings is 1. The molecule has 31 heavy (non-hydrogen) atoms. The van der Waals surface area contributed by atoms with E-state index in [9.17, 15) is 14.4 Å². The van der Waals surface area contributed by atoms with Gasteiger partial charge in [-0.1, -0.05) is 11.6 Å². The first-order valence-corrected chi connectivity index (χ1v) is 10.9. The highest BCUT2D eigenvalue weighted by atomic mass is 35.5. The lowest BCUT2D eigenvalue weighted by molar-refractivity contribution is -0.125. The van der Waals surface area contributed by atoms with Gasteiger partial charge in [0.25, 0.3) is 11.8 Å². The number of carbonyl (C=O) groups excluding carboxylic acids is 3. The number of hydrogen-bond acceptors (Lipinski definition) is 6. The molecule has 3 amide bonds. The summed E-state index contributed by atoms with van der Waals surface area (Å²) in [5, 5.41) is 5.57. The molecule has 1 fully saturated rings. The average molecular weight is 466 g/mol. The largest absolute Gasteiger partial charge is 0.385 e. The molecule has 1 aliphatic heterocycles. The van der Waals surface area contributed by atoms with E-state index in [1.54, 1.807) is 35.2 Å². The number of anilines is 2. The number of rotatable bonds is 8. The summed E-state index contributed by atoms with van der Waals surface area (Å²) in [6.45, 7) is 3.22. The minimum atomic E-state index is -0.783. The average Bonchev–Trinajstić information content (AvgIpc) is 3.18. The van der Waals surface area contributed by atoms with Crippen molar-refractivity contribution in [3.63, 3.8) is 0 Å². The van der Waals surface area contributed by atoms with Gasteiger partial charge in [-0.3, -0.25) is 14.4 Å². The summed E-state index contributed by atoms with van der Waals surface area (Å²) in [6, 6.07) is 7.79. The van der Waals surface area contributed by atoms with Gasteiger partial charge in [0, 0.05) is 31.6 Å². The normalized spacial score (nSPS) is 14.9. The van der Waals surface area contributed by atoms with Crippen LogP contribution >= 0.6 is 22.9 Å². The smallest absolute Gasteiger partial charge is 0.262 e. The molecule has 0 bridgehead atoms. The molecule has 2 heterocycles. The number of nitrogens with zero attached hydrogens (tertiary/aromatic N) is 1. The summed E-state index contributed by atoms with van der Waals surface area (Å²) in [5.41, 5.74) is 2.20.